The summed E-state index contributed by atoms with van der Waals surface area (Å²) in [5.74, 6) is -2.01. The molecule has 1 atom stereocenters. The highest BCUT2D eigenvalue weighted by atomic mass is 35.5. The maximum absolute atomic E-state index is 14.0. The van der Waals surface area contributed by atoms with Gasteiger partial charge in [-0.15, -0.1) is 9.19 Å². The van der Waals surface area contributed by atoms with Crippen LogP contribution >= 0.6 is 11.6 Å². The van der Waals surface area contributed by atoms with Crippen LogP contribution in [0.25, 0.3) is 0 Å². The number of carboxylic acids is 1. The van der Waals surface area contributed by atoms with Crippen molar-refractivity contribution in [1.29, 1.82) is 0 Å². The van der Waals surface area contributed by atoms with E-state index >= 15 is 0 Å². The van der Waals surface area contributed by atoms with Crippen molar-refractivity contribution in [2.45, 2.75) is 51.7 Å². The number of benzene rings is 1. The summed E-state index contributed by atoms with van der Waals surface area (Å²) >= 11 is 6.25. The first kappa shape index (κ1) is 28.7. The lowest BCUT2D eigenvalue weighted by molar-refractivity contribution is 0.0499. The van der Waals surface area contributed by atoms with Gasteiger partial charge in [0.2, 0.25) is 0 Å². The molecule has 0 radical (unpaired) electrons. The first-order valence-electron chi connectivity index (χ1n) is 11.6. The Labute approximate surface area is 220 Å². The number of ether oxygens (including phenoxy) is 1. The van der Waals surface area contributed by atoms with Crippen LogP contribution in [0.1, 0.15) is 55.2 Å². The molecule has 11 nitrogen and oxygen atoms in total. The summed E-state index contributed by atoms with van der Waals surface area (Å²) in [6, 6.07) is 3.27. The zero-order valence-corrected chi connectivity index (χ0v) is 22.9. The Balaban J connectivity index is 2.11. The predicted octanol–water partition coefficient (Wildman–Crippen LogP) is 3.11. The van der Waals surface area contributed by atoms with Crippen molar-refractivity contribution in [3.05, 3.63) is 45.9 Å². The number of piperidine rings is 1. The van der Waals surface area contributed by atoms with Crippen LogP contribution in [0.4, 0.5) is 15.0 Å². The van der Waals surface area contributed by atoms with E-state index in [9.17, 15) is 27.5 Å². The number of carboxylic acid groups (broad SMARTS) is 1. The minimum Gasteiger partial charge on any atom is -0.476 e. The number of hydrogen-bond donors (Lipinski definition) is 2. The highest BCUT2D eigenvalue weighted by Crippen LogP contribution is 2.33. The highest BCUT2D eigenvalue weighted by Gasteiger charge is 2.35. The number of nitrogens with one attached hydrogen (secondary N) is 1. The number of anilines is 1. The van der Waals surface area contributed by atoms with Crippen LogP contribution in [0.15, 0.2) is 18.2 Å². The molecule has 0 unspecified atom stereocenters. The normalized spacial score (nSPS) is 16.6. The van der Waals surface area contributed by atoms with E-state index in [0.29, 0.717) is 23.5 Å². The van der Waals surface area contributed by atoms with Gasteiger partial charge in [0, 0.05) is 50.2 Å². The standard InChI is InChI=1S/C23H31ClFN5O6S/c1-23(2,3)36-22(33)26-16-7-6-10-29(13-16)20-17(12-14-11-15(25)8-9-18(14)24)19(21(31)32)27-30(20)37(34,35)28(4)5/h8-9,11,16H,6-7,10,12-13H2,1-5H3,(H,26,33)(H,31,32)/t16-/m1/s1. The largest absolute Gasteiger partial charge is 0.476 e. The monoisotopic (exact) mass is 559 g/mol. The minimum absolute atomic E-state index is 0.0158. The van der Waals surface area contributed by atoms with Crippen molar-refractivity contribution in [2.75, 3.05) is 32.1 Å². The Morgan fingerprint density at radius 2 is 2.00 bits per heavy atom. The van der Waals surface area contributed by atoms with E-state index in [0.717, 1.165) is 4.31 Å². The lowest BCUT2D eigenvalue weighted by atomic mass is 10.0. The van der Waals surface area contributed by atoms with Crippen LogP contribution in [0.5, 0.6) is 0 Å². The summed E-state index contributed by atoms with van der Waals surface area (Å²) in [7, 11) is -1.65. The summed E-state index contributed by atoms with van der Waals surface area (Å²) in [6.07, 6.45) is 0.362. The number of nitrogens with zero attached hydrogens (tertiary/aromatic N) is 4. The molecule has 1 aromatic heterocycles. The molecule has 1 aliphatic heterocycles. The molecule has 2 aromatic rings. The molecular formula is C23H31ClFN5O6S. The lowest BCUT2D eigenvalue weighted by Gasteiger charge is -2.35. The molecule has 1 saturated heterocycles. The minimum atomic E-state index is -4.25. The van der Waals surface area contributed by atoms with Crippen LogP contribution in [0.2, 0.25) is 5.02 Å². The Hall–Kier alpha value is -2.90. The second-order valence-corrected chi connectivity index (χ2v) is 12.3. The van der Waals surface area contributed by atoms with Crippen molar-refractivity contribution in [3.8, 4) is 0 Å². The number of rotatable bonds is 7. The zero-order chi connectivity index (χ0) is 27.7. The van der Waals surface area contributed by atoms with Gasteiger partial charge in [-0.1, -0.05) is 11.6 Å². The van der Waals surface area contributed by atoms with Crippen molar-refractivity contribution in [2.24, 2.45) is 0 Å². The zero-order valence-electron chi connectivity index (χ0n) is 21.3. The Kier molecular flexibility index (Phi) is 8.40. The summed E-state index contributed by atoms with van der Waals surface area (Å²) in [6.45, 7) is 5.74. The number of alkyl carbamates (subject to hydrolysis) is 1. The third-order valence-electron chi connectivity index (χ3n) is 5.63. The summed E-state index contributed by atoms with van der Waals surface area (Å²) in [4.78, 5) is 26.2. The number of carbonyl (C=O) groups is 2. The third kappa shape index (κ3) is 6.70. The van der Waals surface area contributed by atoms with E-state index in [2.05, 4.69) is 10.4 Å². The summed E-state index contributed by atoms with van der Waals surface area (Å²) in [5, 5.41) is 16.8. The van der Waals surface area contributed by atoms with E-state index in [1.807, 2.05) is 0 Å². The lowest BCUT2D eigenvalue weighted by Crippen LogP contribution is -2.50. The molecule has 1 aromatic carbocycles. The van der Waals surface area contributed by atoms with E-state index < -0.39 is 45.4 Å². The molecule has 37 heavy (non-hydrogen) atoms. The second kappa shape index (κ2) is 10.8. The molecule has 1 amide bonds. The number of hydrogen-bond acceptors (Lipinski definition) is 7. The van der Waals surface area contributed by atoms with Crippen molar-refractivity contribution >= 4 is 39.7 Å². The van der Waals surface area contributed by atoms with E-state index in [4.69, 9.17) is 16.3 Å². The van der Waals surface area contributed by atoms with Gasteiger partial charge in [-0.2, -0.15) is 12.7 Å². The molecule has 0 saturated carbocycles. The predicted molar refractivity (Wildman–Crippen MR) is 136 cm³/mol. The number of halogens is 2. The molecule has 0 aliphatic carbocycles. The van der Waals surface area contributed by atoms with Crippen molar-refractivity contribution in [1.82, 2.24) is 18.8 Å². The Morgan fingerprint density at radius 1 is 1.32 bits per heavy atom. The van der Waals surface area contributed by atoms with E-state index in [1.54, 1.807) is 25.7 Å². The van der Waals surface area contributed by atoms with Crippen LogP contribution in [-0.2, 0) is 21.4 Å². The molecule has 3 rings (SSSR count). The average molecular weight is 560 g/mol. The molecule has 204 valence electrons. The smallest absolute Gasteiger partial charge is 0.407 e. The van der Waals surface area contributed by atoms with Crippen LogP contribution < -0.4 is 10.2 Å². The molecule has 0 spiro atoms. The van der Waals surface area contributed by atoms with Gasteiger partial charge in [0.05, 0.1) is 0 Å². The topological polar surface area (TPSA) is 134 Å². The van der Waals surface area contributed by atoms with Gasteiger partial charge in [0.25, 0.3) is 0 Å². The van der Waals surface area contributed by atoms with Gasteiger partial charge in [-0.25, -0.2) is 14.0 Å². The molecule has 1 aliphatic rings. The van der Waals surface area contributed by atoms with Gasteiger partial charge in [-0.3, -0.25) is 0 Å². The maximum Gasteiger partial charge on any atom is 0.407 e. The Morgan fingerprint density at radius 3 is 2.59 bits per heavy atom. The number of carbonyl (C=O) groups excluding carboxylic acids is 1. The van der Waals surface area contributed by atoms with Gasteiger partial charge in [0.15, 0.2) is 5.69 Å². The average Bonchev–Trinajstić information content (AvgIpc) is 3.15. The molecule has 0 bridgehead atoms. The van der Waals surface area contributed by atoms with E-state index in [-0.39, 0.29) is 34.9 Å². The van der Waals surface area contributed by atoms with Gasteiger partial charge in [0.1, 0.15) is 17.2 Å². The van der Waals surface area contributed by atoms with Crippen LogP contribution in [0.3, 0.4) is 0 Å². The fourth-order valence-corrected chi connectivity index (χ4v) is 5.14. The maximum atomic E-state index is 14.0. The second-order valence-electron chi connectivity index (χ2n) is 9.93. The van der Waals surface area contributed by atoms with Crippen molar-refractivity contribution < 1.29 is 32.2 Å². The molecule has 1 fully saturated rings. The molecular weight excluding hydrogens is 529 g/mol. The van der Waals surface area contributed by atoms with E-state index in [1.165, 1.54) is 32.3 Å². The summed E-state index contributed by atoms with van der Waals surface area (Å²) in [5.41, 5.74) is -0.871. The molecule has 14 heteroatoms. The van der Waals surface area contributed by atoms with Gasteiger partial charge >= 0.3 is 22.3 Å². The molecule has 2 heterocycles. The third-order valence-corrected chi connectivity index (χ3v) is 7.61. The van der Waals surface area contributed by atoms with Crippen molar-refractivity contribution in [3.63, 3.8) is 0 Å². The molecule has 2 N–H and O–H groups in total. The van der Waals surface area contributed by atoms with Gasteiger partial charge < -0.3 is 20.1 Å². The fraction of sp³-hybridized carbons (Fsp3) is 0.522. The number of aromatic carboxylic acids is 1. The first-order valence-corrected chi connectivity index (χ1v) is 13.3. The van der Waals surface area contributed by atoms with Crippen LogP contribution in [-0.4, -0.2) is 77.9 Å². The number of amides is 1. The SMILES string of the molecule is CN(C)S(=O)(=O)n1nc(C(=O)O)c(Cc2cc(F)ccc2Cl)c1N1CCC[C@@H](NC(=O)OC(C)(C)C)C1. The van der Waals surface area contributed by atoms with Gasteiger partial charge in [-0.05, 0) is 57.4 Å². The Bertz CT molecular complexity index is 1290. The summed E-state index contributed by atoms with van der Waals surface area (Å²) < 4.78 is 47.3. The highest BCUT2D eigenvalue weighted by molar-refractivity contribution is 7.87. The number of aromatic nitrogens is 2. The quantitative estimate of drug-likeness (QED) is 0.528. The fourth-order valence-electron chi connectivity index (χ4n) is 4.01. The first-order chi connectivity index (χ1) is 17.1. The van der Waals surface area contributed by atoms with Crippen LogP contribution in [0, 0.1) is 5.82 Å².